The molecular formula is C15H26N2O3. The summed E-state index contributed by atoms with van der Waals surface area (Å²) in [5, 5.41) is 15.1. The van der Waals surface area contributed by atoms with Crippen LogP contribution in [0, 0.1) is 11.8 Å². The Labute approximate surface area is 120 Å². The summed E-state index contributed by atoms with van der Waals surface area (Å²) in [6.07, 6.45) is 7.91. The zero-order valence-corrected chi connectivity index (χ0v) is 12.2. The van der Waals surface area contributed by atoms with Crippen molar-refractivity contribution in [1.82, 2.24) is 10.6 Å². The van der Waals surface area contributed by atoms with Crippen LogP contribution in [0.2, 0.25) is 0 Å². The van der Waals surface area contributed by atoms with Crippen LogP contribution in [0.4, 0.5) is 4.79 Å². The van der Waals surface area contributed by atoms with Gasteiger partial charge in [-0.3, -0.25) is 4.79 Å². The predicted molar refractivity (Wildman–Crippen MR) is 76.5 cm³/mol. The number of urea groups is 1. The van der Waals surface area contributed by atoms with Crippen molar-refractivity contribution in [2.24, 2.45) is 11.8 Å². The number of carboxylic acids is 1. The number of carboxylic acid groups (broad SMARTS) is 1. The molecule has 0 spiro atoms. The minimum atomic E-state index is -0.792. The normalized spacial score (nSPS) is 27.6. The number of carbonyl (C=O) groups excluding carboxylic acids is 1. The third-order valence-corrected chi connectivity index (χ3v) is 4.54. The Hall–Kier alpha value is -1.26. The maximum absolute atomic E-state index is 12.0. The first-order chi connectivity index (χ1) is 9.60. The summed E-state index contributed by atoms with van der Waals surface area (Å²) in [5.41, 5.74) is 0. The first kappa shape index (κ1) is 15.1. The second-order valence-corrected chi connectivity index (χ2v) is 6.24. The van der Waals surface area contributed by atoms with Crippen molar-refractivity contribution < 1.29 is 14.7 Å². The van der Waals surface area contributed by atoms with E-state index >= 15 is 0 Å². The van der Waals surface area contributed by atoms with Crippen molar-refractivity contribution in [1.29, 1.82) is 0 Å². The maximum atomic E-state index is 12.0. The van der Waals surface area contributed by atoms with E-state index in [0.717, 1.165) is 38.0 Å². The molecular weight excluding hydrogens is 256 g/mol. The minimum absolute atomic E-state index is 0.198. The summed E-state index contributed by atoms with van der Waals surface area (Å²) in [6, 6.07) is -0.204. The first-order valence-corrected chi connectivity index (χ1v) is 7.90. The van der Waals surface area contributed by atoms with Gasteiger partial charge in [0.2, 0.25) is 0 Å². The van der Waals surface area contributed by atoms with E-state index in [-0.39, 0.29) is 18.1 Å². The molecule has 0 aliphatic heterocycles. The van der Waals surface area contributed by atoms with Crippen molar-refractivity contribution >= 4 is 12.0 Å². The van der Waals surface area contributed by atoms with E-state index in [1.54, 1.807) is 0 Å². The van der Waals surface area contributed by atoms with Crippen LogP contribution in [0.5, 0.6) is 0 Å². The van der Waals surface area contributed by atoms with Crippen LogP contribution >= 0.6 is 0 Å². The number of rotatable bonds is 6. The molecule has 114 valence electrons. The van der Waals surface area contributed by atoms with E-state index in [2.05, 4.69) is 17.6 Å². The third kappa shape index (κ3) is 4.39. The average molecular weight is 282 g/mol. The summed E-state index contributed by atoms with van der Waals surface area (Å²) in [5.74, 6) is -0.445. The number of hydrogen-bond acceptors (Lipinski definition) is 2. The molecule has 0 aromatic carbocycles. The quantitative estimate of drug-likeness (QED) is 0.700. The Kier molecular flexibility index (Phi) is 5.26. The lowest BCUT2D eigenvalue weighted by atomic mass is 9.84. The van der Waals surface area contributed by atoms with Gasteiger partial charge in [0, 0.05) is 12.1 Å². The van der Waals surface area contributed by atoms with Gasteiger partial charge in [-0.15, -0.1) is 0 Å². The van der Waals surface area contributed by atoms with Crippen LogP contribution in [-0.2, 0) is 4.79 Å². The van der Waals surface area contributed by atoms with E-state index in [0.29, 0.717) is 6.42 Å². The lowest BCUT2D eigenvalue weighted by Gasteiger charge is -2.30. The Bertz CT molecular complexity index is 355. The highest BCUT2D eigenvalue weighted by molar-refractivity contribution is 5.77. The highest BCUT2D eigenvalue weighted by Crippen LogP contribution is 2.34. The molecule has 5 nitrogen and oxygen atoms in total. The van der Waals surface area contributed by atoms with Crippen LogP contribution in [0.3, 0.4) is 0 Å². The number of carbonyl (C=O) groups is 2. The monoisotopic (exact) mass is 282 g/mol. The van der Waals surface area contributed by atoms with Gasteiger partial charge in [-0.1, -0.05) is 32.6 Å². The largest absolute Gasteiger partial charge is 0.481 e. The average Bonchev–Trinajstić information content (AvgIpc) is 3.22. The second kappa shape index (κ2) is 6.95. The van der Waals surface area contributed by atoms with Crippen molar-refractivity contribution in [3.05, 3.63) is 0 Å². The van der Waals surface area contributed by atoms with E-state index in [9.17, 15) is 14.7 Å². The molecule has 0 aromatic rings. The first-order valence-electron chi connectivity index (χ1n) is 7.90. The number of aliphatic carboxylic acids is 1. The highest BCUT2D eigenvalue weighted by atomic mass is 16.4. The SMILES string of the molecule is CCC(CC1CC1)NC(=O)NC1CCCCC1C(=O)O. The molecule has 2 saturated carbocycles. The zero-order valence-electron chi connectivity index (χ0n) is 12.2. The summed E-state index contributed by atoms with van der Waals surface area (Å²) in [7, 11) is 0. The van der Waals surface area contributed by atoms with E-state index < -0.39 is 11.9 Å². The molecule has 2 aliphatic carbocycles. The molecule has 0 heterocycles. The molecule has 0 bridgehead atoms. The van der Waals surface area contributed by atoms with Crippen LogP contribution < -0.4 is 10.6 Å². The van der Waals surface area contributed by atoms with Crippen LogP contribution in [0.15, 0.2) is 0 Å². The molecule has 2 fully saturated rings. The Balaban J connectivity index is 1.80. The molecule has 0 aromatic heterocycles. The number of amides is 2. The lowest BCUT2D eigenvalue weighted by Crippen LogP contribution is -2.51. The van der Waals surface area contributed by atoms with Crippen LogP contribution in [0.1, 0.15) is 58.3 Å². The zero-order chi connectivity index (χ0) is 14.5. The molecule has 0 saturated heterocycles. The molecule has 3 unspecified atom stereocenters. The summed E-state index contributed by atoms with van der Waals surface area (Å²) in [6.45, 7) is 2.08. The van der Waals surface area contributed by atoms with Crippen molar-refractivity contribution in [2.75, 3.05) is 0 Å². The smallest absolute Gasteiger partial charge is 0.315 e. The van der Waals surface area contributed by atoms with Gasteiger partial charge in [0.15, 0.2) is 0 Å². The number of nitrogens with one attached hydrogen (secondary N) is 2. The predicted octanol–water partition coefficient (Wildman–Crippen LogP) is 2.51. The van der Waals surface area contributed by atoms with Gasteiger partial charge in [-0.2, -0.15) is 0 Å². The van der Waals surface area contributed by atoms with Crippen molar-refractivity contribution in [2.45, 2.75) is 70.4 Å². The molecule has 2 aliphatic rings. The summed E-state index contributed by atoms with van der Waals surface area (Å²) in [4.78, 5) is 23.2. The van der Waals surface area contributed by atoms with Crippen LogP contribution in [-0.4, -0.2) is 29.2 Å². The van der Waals surface area contributed by atoms with Gasteiger partial charge < -0.3 is 15.7 Å². The van der Waals surface area contributed by atoms with Crippen molar-refractivity contribution in [3.63, 3.8) is 0 Å². The fourth-order valence-corrected chi connectivity index (χ4v) is 3.08. The topological polar surface area (TPSA) is 78.4 Å². The van der Waals surface area contributed by atoms with Gasteiger partial charge in [0.1, 0.15) is 0 Å². The minimum Gasteiger partial charge on any atom is -0.481 e. The number of hydrogen-bond donors (Lipinski definition) is 3. The van der Waals surface area contributed by atoms with E-state index in [1.165, 1.54) is 12.8 Å². The molecule has 2 amide bonds. The molecule has 0 radical (unpaired) electrons. The standard InChI is InChI=1S/C15H26N2O3/c1-2-11(9-10-7-8-10)16-15(20)17-13-6-4-3-5-12(13)14(18)19/h10-13H,2-9H2,1H3,(H,18,19)(H2,16,17,20). The van der Waals surface area contributed by atoms with E-state index in [1.807, 2.05) is 0 Å². The van der Waals surface area contributed by atoms with Gasteiger partial charge in [-0.25, -0.2) is 4.79 Å². The molecule has 20 heavy (non-hydrogen) atoms. The van der Waals surface area contributed by atoms with Gasteiger partial charge >= 0.3 is 12.0 Å². The molecule has 5 heteroatoms. The Morgan fingerprint density at radius 3 is 2.50 bits per heavy atom. The van der Waals surface area contributed by atoms with Gasteiger partial charge in [0.05, 0.1) is 5.92 Å². The Morgan fingerprint density at radius 2 is 1.90 bits per heavy atom. The fraction of sp³-hybridized carbons (Fsp3) is 0.867. The maximum Gasteiger partial charge on any atom is 0.315 e. The van der Waals surface area contributed by atoms with E-state index in [4.69, 9.17) is 0 Å². The molecule has 3 atom stereocenters. The highest BCUT2D eigenvalue weighted by Gasteiger charge is 2.32. The molecule has 3 N–H and O–H groups in total. The Morgan fingerprint density at radius 1 is 1.20 bits per heavy atom. The summed E-state index contributed by atoms with van der Waals surface area (Å²) < 4.78 is 0. The van der Waals surface area contributed by atoms with Gasteiger partial charge in [-0.05, 0) is 31.6 Å². The third-order valence-electron chi connectivity index (χ3n) is 4.54. The molecule has 2 rings (SSSR count). The second-order valence-electron chi connectivity index (χ2n) is 6.24. The van der Waals surface area contributed by atoms with Gasteiger partial charge in [0.25, 0.3) is 0 Å². The fourth-order valence-electron chi connectivity index (χ4n) is 3.08. The lowest BCUT2D eigenvalue weighted by molar-refractivity contribution is -0.143. The van der Waals surface area contributed by atoms with Crippen LogP contribution in [0.25, 0.3) is 0 Å². The summed E-state index contributed by atoms with van der Waals surface area (Å²) >= 11 is 0. The van der Waals surface area contributed by atoms with Crippen molar-refractivity contribution in [3.8, 4) is 0 Å².